The number of aliphatic hydroxyl groups excluding tert-OH is 1. The normalized spacial score (nSPS) is 15.1. The van der Waals surface area contributed by atoms with Gasteiger partial charge < -0.3 is 15.3 Å². The zero-order chi connectivity index (χ0) is 24.8. The molecule has 0 radical (unpaired) electrons. The molecule has 1 aromatic carbocycles. The first-order valence-electron chi connectivity index (χ1n) is 11.5. The van der Waals surface area contributed by atoms with Gasteiger partial charge in [0.2, 0.25) is 0 Å². The molecule has 4 rings (SSSR count). The van der Waals surface area contributed by atoms with Crippen LogP contribution in [0.5, 0.6) is 0 Å². The highest BCUT2D eigenvalue weighted by Crippen LogP contribution is 2.24. The molecular weight excluding hydrogens is 461 g/mol. The highest BCUT2D eigenvalue weighted by atomic mass is 19.4. The predicted octanol–water partition coefficient (Wildman–Crippen LogP) is 3.92. The van der Waals surface area contributed by atoms with Crippen molar-refractivity contribution in [1.29, 1.82) is 0 Å². The fourth-order valence-corrected chi connectivity index (χ4v) is 3.60. The van der Waals surface area contributed by atoms with E-state index in [9.17, 15) is 23.1 Å². The maximum atomic E-state index is 12.4. The van der Waals surface area contributed by atoms with Crippen LogP contribution in [-0.2, 0) is 16.1 Å². The van der Waals surface area contributed by atoms with Crippen LogP contribution in [0.3, 0.4) is 0 Å². The largest absolute Gasteiger partial charge is 0.393 e. The van der Waals surface area contributed by atoms with E-state index >= 15 is 0 Å². The highest BCUT2D eigenvalue weighted by molar-refractivity contribution is 5.82. The third-order valence-electron chi connectivity index (χ3n) is 5.61. The summed E-state index contributed by atoms with van der Waals surface area (Å²) in [4.78, 5) is 21.6. The molecule has 1 aliphatic carbocycles. The second-order valence-corrected chi connectivity index (χ2v) is 8.73. The Morgan fingerprint density at radius 1 is 1.31 bits per heavy atom. The smallest absolute Gasteiger partial charge is 0.389 e. The van der Waals surface area contributed by atoms with Crippen LogP contribution in [0.1, 0.15) is 36.8 Å². The number of pyridine rings is 1. The quantitative estimate of drug-likeness (QED) is 0.298. The van der Waals surface area contributed by atoms with E-state index in [1.807, 2.05) is 28.8 Å². The number of aromatic nitrogens is 2. The number of imidazole rings is 1. The first-order valence-corrected chi connectivity index (χ1v) is 11.5. The Kier molecular flexibility index (Phi) is 7.82. The van der Waals surface area contributed by atoms with Gasteiger partial charge in [-0.2, -0.15) is 13.2 Å². The number of nitrogens with zero attached hydrogens (tertiary/aromatic N) is 3. The third-order valence-corrected chi connectivity index (χ3v) is 5.61. The van der Waals surface area contributed by atoms with Gasteiger partial charge in [0, 0.05) is 42.8 Å². The zero-order valence-corrected chi connectivity index (χ0v) is 19.0. The van der Waals surface area contributed by atoms with Crippen LogP contribution in [0.4, 0.5) is 13.2 Å². The molecular formula is C25H27F3N4O3. The molecule has 2 N–H and O–H groups in total. The summed E-state index contributed by atoms with van der Waals surface area (Å²) in [5.74, 6) is -0.449. The number of carbonyl (C=O) groups is 1. The second kappa shape index (κ2) is 11.0. The molecule has 0 amide bonds. The highest BCUT2D eigenvalue weighted by Gasteiger charge is 2.27. The number of alkyl halides is 3. The van der Waals surface area contributed by atoms with Crippen LogP contribution in [0.25, 0.3) is 16.9 Å². The molecule has 0 aliphatic heterocycles. The fourth-order valence-electron chi connectivity index (χ4n) is 3.60. The van der Waals surface area contributed by atoms with Gasteiger partial charge in [0.1, 0.15) is 24.1 Å². The Balaban J connectivity index is 1.36. The van der Waals surface area contributed by atoms with Crippen molar-refractivity contribution < 1.29 is 27.9 Å². The molecule has 0 saturated heterocycles. The molecule has 35 heavy (non-hydrogen) atoms. The van der Waals surface area contributed by atoms with Gasteiger partial charge in [-0.1, -0.05) is 23.4 Å². The molecule has 3 aromatic rings. The van der Waals surface area contributed by atoms with E-state index in [0.717, 1.165) is 29.7 Å². The van der Waals surface area contributed by atoms with Crippen LogP contribution in [0.2, 0.25) is 0 Å². The van der Waals surface area contributed by atoms with E-state index < -0.39 is 30.9 Å². The SMILES string of the molecule is O=C(CCC(F)(F)F)Cc1cccc(-c2cnc3cc(/C=N\OCC(O)CNC4CC4)ccn23)c1. The van der Waals surface area contributed by atoms with Gasteiger partial charge in [0.15, 0.2) is 0 Å². The summed E-state index contributed by atoms with van der Waals surface area (Å²) in [6.45, 7) is 0.576. The first-order chi connectivity index (χ1) is 16.8. The summed E-state index contributed by atoms with van der Waals surface area (Å²) < 4.78 is 39.0. The Morgan fingerprint density at radius 2 is 2.14 bits per heavy atom. The van der Waals surface area contributed by atoms with Crippen LogP contribution >= 0.6 is 0 Å². The topological polar surface area (TPSA) is 88.2 Å². The van der Waals surface area contributed by atoms with E-state index in [2.05, 4.69) is 15.5 Å². The average molecular weight is 489 g/mol. The van der Waals surface area contributed by atoms with Gasteiger partial charge in [-0.3, -0.25) is 9.20 Å². The number of oxime groups is 1. The van der Waals surface area contributed by atoms with Gasteiger partial charge >= 0.3 is 6.18 Å². The molecule has 1 atom stereocenters. The summed E-state index contributed by atoms with van der Waals surface area (Å²) in [6, 6.07) is 11.3. The molecule has 186 valence electrons. The van der Waals surface area contributed by atoms with Crippen molar-refractivity contribution in [2.45, 2.75) is 50.4 Å². The number of benzene rings is 1. The van der Waals surface area contributed by atoms with Gasteiger partial charge in [-0.25, -0.2) is 4.98 Å². The zero-order valence-electron chi connectivity index (χ0n) is 19.0. The summed E-state index contributed by atoms with van der Waals surface area (Å²) in [5.41, 5.74) is 3.68. The Morgan fingerprint density at radius 3 is 2.91 bits per heavy atom. The molecule has 0 spiro atoms. The van der Waals surface area contributed by atoms with Crippen molar-refractivity contribution in [1.82, 2.24) is 14.7 Å². The van der Waals surface area contributed by atoms with Crippen LogP contribution in [-0.4, -0.2) is 58.0 Å². The molecule has 1 unspecified atom stereocenters. The molecule has 7 nitrogen and oxygen atoms in total. The summed E-state index contributed by atoms with van der Waals surface area (Å²) >= 11 is 0. The molecule has 2 aromatic heterocycles. The number of rotatable bonds is 12. The lowest BCUT2D eigenvalue weighted by Gasteiger charge is -2.09. The van der Waals surface area contributed by atoms with Gasteiger partial charge in [-0.15, -0.1) is 0 Å². The maximum Gasteiger partial charge on any atom is 0.389 e. The number of halogens is 3. The predicted molar refractivity (Wildman–Crippen MR) is 125 cm³/mol. The third kappa shape index (κ3) is 7.63. The molecule has 1 fully saturated rings. The number of carbonyl (C=O) groups excluding carboxylic acids is 1. The van der Waals surface area contributed by atoms with Crippen LogP contribution in [0, 0.1) is 0 Å². The summed E-state index contributed by atoms with van der Waals surface area (Å²) in [5, 5.41) is 17.0. The first kappa shape index (κ1) is 24.9. The lowest BCUT2D eigenvalue weighted by Crippen LogP contribution is -2.31. The monoisotopic (exact) mass is 488 g/mol. The number of nitrogens with one attached hydrogen (secondary N) is 1. The van der Waals surface area contributed by atoms with Crippen molar-refractivity contribution >= 4 is 17.6 Å². The number of fused-ring (bicyclic) bond motifs is 1. The Labute approximate surface area is 200 Å². The van der Waals surface area contributed by atoms with E-state index in [4.69, 9.17) is 4.84 Å². The maximum absolute atomic E-state index is 12.4. The van der Waals surface area contributed by atoms with E-state index in [-0.39, 0.29) is 13.0 Å². The Hall–Kier alpha value is -3.24. The van der Waals surface area contributed by atoms with Gasteiger partial charge in [0.25, 0.3) is 0 Å². The number of hydrogen-bond acceptors (Lipinski definition) is 6. The van der Waals surface area contributed by atoms with Crippen LogP contribution < -0.4 is 5.32 Å². The van der Waals surface area contributed by atoms with Crippen molar-refractivity contribution in [3.63, 3.8) is 0 Å². The molecule has 10 heteroatoms. The minimum absolute atomic E-state index is 0.0490. The van der Waals surface area contributed by atoms with Gasteiger partial charge in [0.05, 0.1) is 24.5 Å². The van der Waals surface area contributed by atoms with E-state index in [1.165, 1.54) is 0 Å². The molecule has 1 aliphatic rings. The van der Waals surface area contributed by atoms with Crippen LogP contribution in [0.15, 0.2) is 53.9 Å². The summed E-state index contributed by atoms with van der Waals surface area (Å²) in [6.07, 6.45) is 0.741. The summed E-state index contributed by atoms with van der Waals surface area (Å²) in [7, 11) is 0. The standard InChI is InChI=1S/C25H27F3N4O3/c26-25(27,28)8-6-21(33)11-17-2-1-3-19(10-17)23-15-30-24-12-18(7-9-32(23)24)13-31-35-16-22(34)14-29-20-4-5-20/h1-3,7,9-10,12-13,15,20,22,29,34H,4-6,8,11,14,16H2/b31-13-. The van der Waals surface area contributed by atoms with E-state index in [0.29, 0.717) is 23.8 Å². The lowest BCUT2D eigenvalue weighted by molar-refractivity contribution is -0.143. The molecule has 2 heterocycles. The fraction of sp³-hybridized carbons (Fsp3) is 0.400. The number of hydrogen-bond donors (Lipinski definition) is 2. The second-order valence-electron chi connectivity index (χ2n) is 8.73. The van der Waals surface area contributed by atoms with Crippen molar-refractivity contribution in [2.24, 2.45) is 5.16 Å². The Bertz CT molecular complexity index is 1190. The minimum Gasteiger partial charge on any atom is -0.393 e. The van der Waals surface area contributed by atoms with Crippen molar-refractivity contribution in [3.8, 4) is 11.3 Å². The minimum atomic E-state index is -4.34. The van der Waals surface area contributed by atoms with Gasteiger partial charge in [-0.05, 0) is 36.6 Å². The number of Topliss-reactive ketones (excluding diaryl/α,β-unsaturated/α-hetero) is 1. The lowest BCUT2D eigenvalue weighted by atomic mass is 10.0. The van der Waals surface area contributed by atoms with E-state index in [1.54, 1.807) is 30.6 Å². The van der Waals surface area contributed by atoms with Crippen molar-refractivity contribution in [2.75, 3.05) is 13.2 Å². The number of ketones is 1. The molecule has 1 saturated carbocycles. The van der Waals surface area contributed by atoms with Crippen molar-refractivity contribution in [3.05, 3.63) is 59.9 Å². The average Bonchev–Trinajstić information content (AvgIpc) is 3.56. The molecule has 0 bridgehead atoms. The number of aliphatic hydroxyl groups is 1.